The number of halogens is 1. The zero-order chi connectivity index (χ0) is 14.4. The summed E-state index contributed by atoms with van der Waals surface area (Å²) in [5, 5.41) is 14.2. The molecular weight excluding hydrogens is 276 g/mol. The summed E-state index contributed by atoms with van der Waals surface area (Å²) in [4.78, 5) is 2.24. The highest BCUT2D eigenvalue weighted by Gasteiger charge is 2.15. The van der Waals surface area contributed by atoms with Gasteiger partial charge < -0.3 is 15.2 Å². The highest BCUT2D eigenvalue weighted by Crippen LogP contribution is 2.15. The molecule has 0 aromatic heterocycles. The Morgan fingerprint density at radius 2 is 1.95 bits per heavy atom. The molecule has 4 nitrogen and oxygen atoms in total. The number of hydrogen-bond acceptors (Lipinski definition) is 4. The van der Waals surface area contributed by atoms with Gasteiger partial charge in [-0.3, -0.25) is 4.90 Å². The molecule has 0 saturated carbocycles. The lowest BCUT2D eigenvalue weighted by molar-refractivity contribution is 0.0145. The van der Waals surface area contributed by atoms with E-state index in [-0.39, 0.29) is 12.1 Å². The molecule has 112 valence electrons. The van der Waals surface area contributed by atoms with Crippen molar-refractivity contribution in [2.45, 2.75) is 19.1 Å². The Hall–Kier alpha value is -0.650. The minimum absolute atomic E-state index is 0.201. The molecule has 1 heterocycles. The molecule has 1 fully saturated rings. The number of nitrogens with one attached hydrogen (secondary N) is 1. The number of ether oxygens (including phenoxy) is 1. The van der Waals surface area contributed by atoms with E-state index in [1.807, 2.05) is 24.3 Å². The molecule has 1 unspecified atom stereocenters. The minimum Gasteiger partial charge on any atom is -0.390 e. The number of rotatable bonds is 6. The summed E-state index contributed by atoms with van der Waals surface area (Å²) in [7, 11) is 0. The van der Waals surface area contributed by atoms with Crippen molar-refractivity contribution >= 4 is 11.6 Å². The van der Waals surface area contributed by atoms with Crippen LogP contribution in [0, 0.1) is 0 Å². The van der Waals surface area contributed by atoms with Gasteiger partial charge in [-0.1, -0.05) is 23.7 Å². The van der Waals surface area contributed by atoms with Crippen LogP contribution in [0.1, 0.15) is 18.5 Å². The minimum atomic E-state index is -0.358. The first-order chi connectivity index (χ1) is 9.65. The van der Waals surface area contributed by atoms with Crippen LogP contribution in [-0.2, 0) is 4.74 Å². The Labute approximate surface area is 125 Å². The van der Waals surface area contributed by atoms with Crippen LogP contribution < -0.4 is 5.32 Å². The molecule has 1 saturated heterocycles. The van der Waals surface area contributed by atoms with Gasteiger partial charge in [0, 0.05) is 37.2 Å². The molecule has 2 atom stereocenters. The summed E-state index contributed by atoms with van der Waals surface area (Å²) in [6.45, 7) is 6.71. The number of benzene rings is 1. The smallest absolute Gasteiger partial charge is 0.0791 e. The van der Waals surface area contributed by atoms with Crippen molar-refractivity contribution in [2.24, 2.45) is 0 Å². The molecule has 1 aliphatic rings. The van der Waals surface area contributed by atoms with Gasteiger partial charge in [-0.05, 0) is 24.6 Å². The summed E-state index contributed by atoms with van der Waals surface area (Å²) in [5.74, 6) is 0. The lowest BCUT2D eigenvalue weighted by Gasteiger charge is -2.29. The largest absolute Gasteiger partial charge is 0.390 e. The molecule has 1 aromatic rings. The van der Waals surface area contributed by atoms with Crippen molar-refractivity contribution in [1.29, 1.82) is 0 Å². The first kappa shape index (κ1) is 15.7. The quantitative estimate of drug-likeness (QED) is 0.839. The molecule has 0 radical (unpaired) electrons. The van der Waals surface area contributed by atoms with Crippen LogP contribution in [0.25, 0.3) is 0 Å². The highest BCUT2D eigenvalue weighted by atomic mass is 35.5. The van der Waals surface area contributed by atoms with Crippen LogP contribution in [0.4, 0.5) is 0 Å². The Balaban J connectivity index is 1.71. The Bertz CT molecular complexity index is 393. The van der Waals surface area contributed by atoms with E-state index in [1.54, 1.807) is 0 Å². The van der Waals surface area contributed by atoms with Gasteiger partial charge >= 0.3 is 0 Å². The van der Waals surface area contributed by atoms with Crippen LogP contribution in [0.5, 0.6) is 0 Å². The molecule has 2 N–H and O–H groups in total. The maximum absolute atomic E-state index is 10.1. The Kier molecular flexibility index (Phi) is 6.26. The van der Waals surface area contributed by atoms with Crippen LogP contribution in [-0.4, -0.2) is 55.5 Å². The summed E-state index contributed by atoms with van der Waals surface area (Å²) in [6, 6.07) is 7.99. The van der Waals surface area contributed by atoms with Gasteiger partial charge in [0.1, 0.15) is 0 Å². The van der Waals surface area contributed by atoms with Gasteiger partial charge in [0.2, 0.25) is 0 Å². The summed E-state index contributed by atoms with van der Waals surface area (Å²) >= 11 is 5.88. The van der Waals surface area contributed by atoms with Crippen LogP contribution >= 0.6 is 11.6 Å². The number of aliphatic hydroxyl groups excluding tert-OH is 1. The lowest BCUT2D eigenvalue weighted by Crippen LogP contribution is -2.44. The van der Waals surface area contributed by atoms with Gasteiger partial charge in [0.05, 0.1) is 19.3 Å². The van der Waals surface area contributed by atoms with E-state index in [2.05, 4.69) is 17.1 Å². The van der Waals surface area contributed by atoms with Gasteiger partial charge in [-0.2, -0.15) is 0 Å². The fraction of sp³-hybridized carbons (Fsp3) is 0.600. The zero-order valence-corrected chi connectivity index (χ0v) is 12.6. The fourth-order valence-electron chi connectivity index (χ4n) is 2.33. The highest BCUT2D eigenvalue weighted by molar-refractivity contribution is 6.30. The third-order valence-electron chi connectivity index (χ3n) is 3.60. The first-order valence-corrected chi connectivity index (χ1v) is 7.50. The van der Waals surface area contributed by atoms with E-state index in [4.69, 9.17) is 16.3 Å². The number of hydrogen-bond donors (Lipinski definition) is 2. The standard InChI is InChI=1S/C15H23ClN2O2/c1-12(13-2-4-14(16)5-3-13)17-10-15(19)11-18-6-8-20-9-7-18/h2-5,12,15,17,19H,6-11H2,1H3/t12-,15?/m1/s1. The summed E-state index contributed by atoms with van der Waals surface area (Å²) in [5.41, 5.74) is 1.17. The van der Waals surface area contributed by atoms with Crippen molar-refractivity contribution in [2.75, 3.05) is 39.4 Å². The van der Waals surface area contributed by atoms with E-state index in [1.165, 1.54) is 5.56 Å². The average molecular weight is 299 g/mol. The van der Waals surface area contributed by atoms with Crippen molar-refractivity contribution in [1.82, 2.24) is 10.2 Å². The van der Waals surface area contributed by atoms with E-state index >= 15 is 0 Å². The van der Waals surface area contributed by atoms with Gasteiger partial charge in [0.25, 0.3) is 0 Å². The van der Waals surface area contributed by atoms with Crippen molar-refractivity contribution in [3.63, 3.8) is 0 Å². The van der Waals surface area contributed by atoms with E-state index in [9.17, 15) is 5.11 Å². The topological polar surface area (TPSA) is 44.7 Å². The average Bonchev–Trinajstić information content (AvgIpc) is 2.46. The Morgan fingerprint density at radius 1 is 1.30 bits per heavy atom. The van der Waals surface area contributed by atoms with Gasteiger partial charge in [0.15, 0.2) is 0 Å². The van der Waals surface area contributed by atoms with Crippen LogP contribution in [0.3, 0.4) is 0 Å². The number of β-amino-alcohol motifs (C(OH)–C–C–N with tert-alkyl or cyclic N) is 1. The molecule has 5 heteroatoms. The van der Waals surface area contributed by atoms with Gasteiger partial charge in [-0.15, -0.1) is 0 Å². The molecule has 2 rings (SSSR count). The fourth-order valence-corrected chi connectivity index (χ4v) is 2.45. The van der Waals surface area contributed by atoms with Gasteiger partial charge in [-0.25, -0.2) is 0 Å². The molecule has 1 aromatic carbocycles. The lowest BCUT2D eigenvalue weighted by atomic mass is 10.1. The van der Waals surface area contributed by atoms with Crippen molar-refractivity contribution < 1.29 is 9.84 Å². The normalized spacial score (nSPS) is 19.8. The number of morpholine rings is 1. The second-order valence-corrected chi connectivity index (χ2v) is 5.68. The SMILES string of the molecule is C[C@@H](NCC(O)CN1CCOCC1)c1ccc(Cl)cc1. The summed E-state index contributed by atoms with van der Waals surface area (Å²) in [6.07, 6.45) is -0.358. The molecule has 0 bridgehead atoms. The predicted molar refractivity (Wildman–Crippen MR) is 81.1 cm³/mol. The second-order valence-electron chi connectivity index (χ2n) is 5.25. The second kappa shape index (κ2) is 7.96. The number of aliphatic hydroxyl groups is 1. The van der Waals surface area contributed by atoms with E-state index in [0.29, 0.717) is 13.1 Å². The predicted octanol–water partition coefficient (Wildman–Crippen LogP) is 1.68. The van der Waals surface area contributed by atoms with Crippen LogP contribution in [0.15, 0.2) is 24.3 Å². The van der Waals surface area contributed by atoms with Crippen LogP contribution in [0.2, 0.25) is 5.02 Å². The molecule has 0 spiro atoms. The van der Waals surface area contributed by atoms with E-state index in [0.717, 1.165) is 31.3 Å². The molecule has 0 aliphatic carbocycles. The Morgan fingerprint density at radius 3 is 2.60 bits per heavy atom. The molecular formula is C15H23ClN2O2. The van der Waals surface area contributed by atoms with Crippen molar-refractivity contribution in [3.05, 3.63) is 34.9 Å². The molecule has 1 aliphatic heterocycles. The third-order valence-corrected chi connectivity index (χ3v) is 3.85. The zero-order valence-electron chi connectivity index (χ0n) is 11.9. The maximum atomic E-state index is 10.1. The first-order valence-electron chi connectivity index (χ1n) is 7.12. The molecule has 20 heavy (non-hydrogen) atoms. The third kappa shape index (κ3) is 5.04. The van der Waals surface area contributed by atoms with E-state index < -0.39 is 0 Å². The van der Waals surface area contributed by atoms with Crippen molar-refractivity contribution in [3.8, 4) is 0 Å². The maximum Gasteiger partial charge on any atom is 0.0791 e. The molecule has 0 amide bonds. The number of nitrogens with zero attached hydrogens (tertiary/aromatic N) is 1. The summed E-state index contributed by atoms with van der Waals surface area (Å²) < 4.78 is 5.30. The monoisotopic (exact) mass is 298 g/mol.